The molecule has 0 saturated heterocycles. The van der Waals surface area contributed by atoms with E-state index in [1.165, 1.54) is 18.3 Å². The van der Waals surface area contributed by atoms with E-state index in [0.29, 0.717) is 22.4 Å². The third-order valence-electron chi connectivity index (χ3n) is 6.06. The molecule has 5 aromatic rings. The zero-order valence-corrected chi connectivity index (χ0v) is 21.3. The summed E-state index contributed by atoms with van der Waals surface area (Å²) in [6, 6.07) is 25.6. The highest BCUT2D eigenvalue weighted by atomic mass is 16.6. The summed E-state index contributed by atoms with van der Waals surface area (Å²) < 4.78 is 7.35. The molecule has 198 valence electrons. The average molecular weight is 534 g/mol. The van der Waals surface area contributed by atoms with Crippen molar-refractivity contribution in [3.05, 3.63) is 136 Å². The molecule has 0 aliphatic carbocycles. The number of benzene rings is 3. The van der Waals surface area contributed by atoms with Gasteiger partial charge in [0.2, 0.25) is 6.10 Å². The maximum absolute atomic E-state index is 13.7. The summed E-state index contributed by atoms with van der Waals surface area (Å²) >= 11 is 0. The summed E-state index contributed by atoms with van der Waals surface area (Å²) in [5.41, 5.74) is 2.52. The Balaban J connectivity index is 1.51. The van der Waals surface area contributed by atoms with Gasteiger partial charge in [0, 0.05) is 35.8 Å². The van der Waals surface area contributed by atoms with Gasteiger partial charge >= 0.3 is 5.97 Å². The maximum atomic E-state index is 13.7. The summed E-state index contributed by atoms with van der Waals surface area (Å²) in [7, 11) is 0. The van der Waals surface area contributed by atoms with Crippen LogP contribution >= 0.6 is 0 Å². The van der Waals surface area contributed by atoms with Crippen molar-refractivity contribution in [3.63, 3.8) is 0 Å². The first-order valence-electron chi connectivity index (χ1n) is 12.3. The van der Waals surface area contributed by atoms with Crippen molar-refractivity contribution in [2.24, 2.45) is 0 Å². The van der Waals surface area contributed by atoms with Crippen LogP contribution in [0.25, 0.3) is 16.9 Å². The first-order valence-corrected chi connectivity index (χ1v) is 12.3. The molecule has 1 N–H and O–H groups in total. The minimum atomic E-state index is -1.41. The van der Waals surface area contributed by atoms with Gasteiger partial charge in [0.05, 0.1) is 10.6 Å². The number of hydrogen-bond acceptors (Lipinski definition) is 7. The van der Waals surface area contributed by atoms with Crippen molar-refractivity contribution >= 4 is 23.3 Å². The van der Waals surface area contributed by atoms with E-state index in [-0.39, 0.29) is 16.9 Å². The minimum Gasteiger partial charge on any atom is -0.444 e. The molecule has 1 amide bonds. The Kier molecular flexibility index (Phi) is 7.41. The number of carbonyl (C=O) groups excluding carboxylic acids is 2. The zero-order chi connectivity index (χ0) is 28.1. The van der Waals surface area contributed by atoms with Crippen molar-refractivity contribution in [2.75, 3.05) is 5.32 Å². The second-order valence-corrected chi connectivity index (χ2v) is 8.88. The van der Waals surface area contributed by atoms with E-state index in [0.717, 1.165) is 5.69 Å². The molecule has 0 aliphatic rings. The Morgan fingerprint density at radius 1 is 0.975 bits per heavy atom. The van der Waals surface area contributed by atoms with E-state index in [9.17, 15) is 19.7 Å². The molecule has 3 aromatic carbocycles. The fourth-order valence-electron chi connectivity index (χ4n) is 4.12. The van der Waals surface area contributed by atoms with Gasteiger partial charge in [0.15, 0.2) is 0 Å². The van der Waals surface area contributed by atoms with Gasteiger partial charge in [-0.1, -0.05) is 54.6 Å². The normalized spacial score (nSPS) is 11.4. The first-order chi connectivity index (χ1) is 19.4. The molecule has 0 aliphatic heterocycles. The predicted octanol–water partition coefficient (Wildman–Crippen LogP) is 5.69. The molecular formula is C30H23N5O5. The van der Waals surface area contributed by atoms with Gasteiger partial charge in [0.1, 0.15) is 16.9 Å². The molecule has 40 heavy (non-hydrogen) atoms. The molecule has 2 heterocycles. The number of nitrogens with zero attached hydrogens (tertiary/aromatic N) is 4. The highest BCUT2D eigenvalue weighted by Crippen LogP contribution is 2.30. The smallest absolute Gasteiger partial charge is 0.343 e. The standard InChI is InChI=1S/C30H23N5O5/c1-20-14-15-25(26(17-20)35(38)39)32-29(36)28(21-9-4-2-5-10-21)40-30(37)24-19-34(23-12-6-3-7-13-23)33-27(24)22-11-8-16-31-18-22/h2-19,28H,1H3,(H,32,36). The Morgan fingerprint density at radius 3 is 2.38 bits per heavy atom. The number of aromatic nitrogens is 3. The van der Waals surface area contributed by atoms with Crippen molar-refractivity contribution < 1.29 is 19.2 Å². The molecule has 5 rings (SSSR count). The van der Waals surface area contributed by atoms with Gasteiger partial charge < -0.3 is 10.1 Å². The van der Waals surface area contributed by atoms with Crippen LogP contribution in [0.3, 0.4) is 0 Å². The van der Waals surface area contributed by atoms with Crippen LogP contribution < -0.4 is 5.32 Å². The summed E-state index contributed by atoms with van der Waals surface area (Å²) in [6.45, 7) is 1.71. The number of pyridine rings is 1. The number of anilines is 1. The summed E-state index contributed by atoms with van der Waals surface area (Å²) in [6.07, 6.45) is 3.31. The van der Waals surface area contributed by atoms with Gasteiger partial charge in [-0.3, -0.25) is 19.9 Å². The fourth-order valence-corrected chi connectivity index (χ4v) is 4.12. The molecule has 2 aromatic heterocycles. The van der Waals surface area contributed by atoms with Crippen molar-refractivity contribution in [1.29, 1.82) is 0 Å². The number of esters is 1. The number of nitro benzene ring substituents is 1. The highest BCUT2D eigenvalue weighted by Gasteiger charge is 2.30. The summed E-state index contributed by atoms with van der Waals surface area (Å²) in [5.74, 6) is -1.55. The number of para-hydroxylation sites is 1. The lowest BCUT2D eigenvalue weighted by Gasteiger charge is -2.18. The fraction of sp³-hybridized carbons (Fsp3) is 0.0667. The second kappa shape index (κ2) is 11.4. The zero-order valence-electron chi connectivity index (χ0n) is 21.3. The molecule has 1 atom stereocenters. The van der Waals surface area contributed by atoms with Crippen LogP contribution in [0.2, 0.25) is 0 Å². The number of amides is 1. The van der Waals surface area contributed by atoms with Crippen LogP contribution in [0.15, 0.2) is 110 Å². The van der Waals surface area contributed by atoms with Gasteiger partial charge in [-0.15, -0.1) is 0 Å². The lowest BCUT2D eigenvalue weighted by atomic mass is 10.1. The second-order valence-electron chi connectivity index (χ2n) is 8.88. The lowest BCUT2D eigenvalue weighted by Crippen LogP contribution is -2.26. The molecule has 0 radical (unpaired) electrons. The molecule has 0 fully saturated rings. The molecule has 10 nitrogen and oxygen atoms in total. The third-order valence-corrected chi connectivity index (χ3v) is 6.06. The van der Waals surface area contributed by atoms with E-state index in [2.05, 4.69) is 15.4 Å². The molecule has 0 saturated carbocycles. The SMILES string of the molecule is Cc1ccc(NC(=O)C(OC(=O)c2cn(-c3ccccc3)nc2-c2cccnc2)c2ccccc2)c([N+](=O)[O-])c1. The van der Waals surface area contributed by atoms with Crippen LogP contribution in [-0.4, -0.2) is 31.6 Å². The Bertz CT molecular complexity index is 1670. The maximum Gasteiger partial charge on any atom is 0.343 e. The predicted molar refractivity (Wildman–Crippen MR) is 148 cm³/mol. The van der Waals surface area contributed by atoms with Crippen LogP contribution in [-0.2, 0) is 9.53 Å². The number of ether oxygens (including phenoxy) is 1. The number of rotatable bonds is 8. The van der Waals surface area contributed by atoms with Gasteiger partial charge in [-0.05, 0) is 42.8 Å². The van der Waals surface area contributed by atoms with Crippen LogP contribution in [0.1, 0.15) is 27.6 Å². The summed E-state index contributed by atoms with van der Waals surface area (Å²) in [4.78, 5) is 42.3. The van der Waals surface area contributed by atoms with E-state index < -0.39 is 22.9 Å². The number of aryl methyl sites for hydroxylation is 1. The molecule has 0 spiro atoms. The monoisotopic (exact) mass is 533 g/mol. The van der Waals surface area contributed by atoms with Gasteiger partial charge in [-0.2, -0.15) is 5.10 Å². The van der Waals surface area contributed by atoms with Crippen molar-refractivity contribution in [1.82, 2.24) is 14.8 Å². The topological polar surface area (TPSA) is 129 Å². The first kappa shape index (κ1) is 26.0. The third kappa shape index (κ3) is 5.60. The number of hydrogen-bond donors (Lipinski definition) is 1. The van der Waals surface area contributed by atoms with Gasteiger partial charge in [0.25, 0.3) is 11.6 Å². The lowest BCUT2D eigenvalue weighted by molar-refractivity contribution is -0.384. The van der Waals surface area contributed by atoms with Crippen molar-refractivity contribution in [2.45, 2.75) is 13.0 Å². The van der Waals surface area contributed by atoms with Crippen molar-refractivity contribution in [3.8, 4) is 16.9 Å². The number of nitrogens with one attached hydrogen (secondary N) is 1. The number of nitro groups is 1. The van der Waals surface area contributed by atoms with Crippen LogP contribution in [0, 0.1) is 17.0 Å². The minimum absolute atomic E-state index is 0.00877. The van der Waals surface area contributed by atoms with E-state index >= 15 is 0 Å². The largest absolute Gasteiger partial charge is 0.444 e. The molecule has 0 bridgehead atoms. The Hall–Kier alpha value is -5.64. The highest BCUT2D eigenvalue weighted by molar-refractivity contribution is 6.01. The summed E-state index contributed by atoms with van der Waals surface area (Å²) in [5, 5.41) is 18.8. The van der Waals surface area contributed by atoms with Crippen LogP contribution in [0.5, 0.6) is 0 Å². The van der Waals surface area contributed by atoms with E-state index in [1.807, 2.05) is 30.3 Å². The quantitative estimate of drug-likeness (QED) is 0.154. The Labute approximate surface area is 229 Å². The molecular weight excluding hydrogens is 510 g/mol. The number of carbonyl (C=O) groups is 2. The molecule has 10 heteroatoms. The van der Waals surface area contributed by atoms with Crippen LogP contribution in [0.4, 0.5) is 11.4 Å². The van der Waals surface area contributed by atoms with E-state index in [4.69, 9.17) is 4.74 Å². The van der Waals surface area contributed by atoms with E-state index in [1.54, 1.807) is 72.5 Å². The Morgan fingerprint density at radius 2 is 1.70 bits per heavy atom. The van der Waals surface area contributed by atoms with Gasteiger partial charge in [-0.25, -0.2) is 9.48 Å². The molecule has 1 unspecified atom stereocenters. The average Bonchev–Trinajstić information content (AvgIpc) is 3.44.